The van der Waals surface area contributed by atoms with Gasteiger partial charge in [-0.2, -0.15) is 0 Å². The lowest BCUT2D eigenvalue weighted by Crippen LogP contribution is -2.41. The molecule has 0 aromatic heterocycles. The van der Waals surface area contributed by atoms with Crippen molar-refractivity contribution >= 4 is 5.84 Å². The van der Waals surface area contributed by atoms with Gasteiger partial charge in [0.2, 0.25) is 0 Å². The van der Waals surface area contributed by atoms with Crippen molar-refractivity contribution in [2.24, 2.45) is 34.6 Å². The molecule has 0 aliphatic heterocycles. The molecule has 0 saturated heterocycles. The molecule has 4 nitrogen and oxygen atoms in total. The van der Waals surface area contributed by atoms with E-state index in [0.717, 1.165) is 23.7 Å². The topological polar surface area (TPSA) is 70.6 Å². The van der Waals surface area contributed by atoms with Crippen LogP contribution in [0.4, 0.5) is 0 Å². The third kappa shape index (κ3) is 1.27. The maximum atomic E-state index is 8.58. The molecule has 15 heavy (non-hydrogen) atoms. The zero-order valence-corrected chi connectivity index (χ0v) is 9.06. The zero-order valence-electron chi connectivity index (χ0n) is 9.06. The van der Waals surface area contributed by atoms with E-state index >= 15 is 0 Å². The number of nitrogens with zero attached hydrogens (tertiary/aromatic N) is 1. The number of hydrogen-bond donors (Lipinski definition) is 3. The fourth-order valence-electron chi connectivity index (χ4n) is 4.01. The van der Waals surface area contributed by atoms with Gasteiger partial charge in [0.05, 0.1) is 6.04 Å². The van der Waals surface area contributed by atoms with Crippen LogP contribution in [0.5, 0.6) is 0 Å². The van der Waals surface area contributed by atoms with E-state index in [2.05, 4.69) is 10.5 Å². The van der Waals surface area contributed by atoms with Crippen molar-refractivity contribution in [3.05, 3.63) is 0 Å². The molecule has 0 amide bonds. The summed E-state index contributed by atoms with van der Waals surface area (Å²) in [5.74, 6) is 4.04. The van der Waals surface area contributed by atoms with E-state index in [-0.39, 0.29) is 6.04 Å². The van der Waals surface area contributed by atoms with Crippen molar-refractivity contribution in [2.75, 3.05) is 0 Å². The third-order valence-corrected chi connectivity index (χ3v) is 4.74. The predicted molar refractivity (Wildman–Crippen MR) is 57.6 cm³/mol. The van der Waals surface area contributed by atoms with Gasteiger partial charge in [0, 0.05) is 6.04 Å². The van der Waals surface area contributed by atoms with Gasteiger partial charge in [0.15, 0.2) is 5.84 Å². The number of nitrogens with two attached hydrogens (primary N) is 1. The van der Waals surface area contributed by atoms with Gasteiger partial charge < -0.3 is 16.3 Å². The highest BCUT2D eigenvalue weighted by molar-refractivity contribution is 5.84. The fourth-order valence-corrected chi connectivity index (χ4v) is 4.01. The molecular formula is C11H19N3O. The summed E-state index contributed by atoms with van der Waals surface area (Å²) in [7, 11) is 0. The second kappa shape index (κ2) is 3.11. The highest BCUT2D eigenvalue weighted by Crippen LogP contribution is 2.65. The first-order valence-electron chi connectivity index (χ1n) is 5.96. The first-order chi connectivity index (χ1) is 7.22. The van der Waals surface area contributed by atoms with Gasteiger partial charge in [-0.3, -0.25) is 0 Å². The number of fused-ring (bicyclic) bond motifs is 5. The molecular weight excluding hydrogens is 190 g/mol. The van der Waals surface area contributed by atoms with E-state index in [1.807, 2.05) is 6.92 Å². The summed E-state index contributed by atoms with van der Waals surface area (Å²) in [6.45, 7) is 1.96. The van der Waals surface area contributed by atoms with Gasteiger partial charge in [-0.25, -0.2) is 0 Å². The first kappa shape index (κ1) is 9.46. The highest BCUT2D eigenvalue weighted by atomic mass is 16.4. The smallest absolute Gasteiger partial charge is 0.156 e. The molecule has 3 rings (SSSR count). The summed E-state index contributed by atoms with van der Waals surface area (Å²) in [5, 5.41) is 15.1. The van der Waals surface area contributed by atoms with Crippen molar-refractivity contribution in [3.8, 4) is 0 Å². The van der Waals surface area contributed by atoms with Crippen molar-refractivity contribution < 1.29 is 5.21 Å². The molecule has 4 N–H and O–H groups in total. The van der Waals surface area contributed by atoms with E-state index in [0.29, 0.717) is 11.9 Å². The Balaban J connectivity index is 1.60. The van der Waals surface area contributed by atoms with Crippen LogP contribution in [0.1, 0.15) is 26.2 Å². The lowest BCUT2D eigenvalue weighted by Gasteiger charge is -2.15. The average molecular weight is 209 g/mol. The van der Waals surface area contributed by atoms with Crippen LogP contribution in [-0.4, -0.2) is 23.1 Å². The SMILES string of the molecule is CC(NC1C2C3CCC(C3)C12)C(N)=NO. The van der Waals surface area contributed by atoms with Gasteiger partial charge >= 0.3 is 0 Å². The molecule has 2 bridgehead atoms. The summed E-state index contributed by atoms with van der Waals surface area (Å²) in [6.07, 6.45) is 4.33. The van der Waals surface area contributed by atoms with E-state index in [1.54, 1.807) is 0 Å². The van der Waals surface area contributed by atoms with Crippen LogP contribution in [0, 0.1) is 23.7 Å². The minimum absolute atomic E-state index is 0.00463. The Morgan fingerprint density at radius 2 is 2.00 bits per heavy atom. The summed E-state index contributed by atoms with van der Waals surface area (Å²) < 4.78 is 0. The van der Waals surface area contributed by atoms with E-state index in [4.69, 9.17) is 10.9 Å². The van der Waals surface area contributed by atoms with Crippen LogP contribution < -0.4 is 11.1 Å². The molecule has 0 heterocycles. The molecule has 84 valence electrons. The molecule has 3 aliphatic carbocycles. The predicted octanol–water partition coefficient (Wildman–Crippen LogP) is 0.755. The van der Waals surface area contributed by atoms with Crippen LogP contribution in [-0.2, 0) is 0 Å². The van der Waals surface area contributed by atoms with Gasteiger partial charge in [-0.1, -0.05) is 5.16 Å². The molecule has 3 saturated carbocycles. The second-order valence-electron chi connectivity index (χ2n) is 5.43. The summed E-state index contributed by atoms with van der Waals surface area (Å²) in [5.41, 5.74) is 5.57. The van der Waals surface area contributed by atoms with Crippen molar-refractivity contribution in [1.82, 2.24) is 5.32 Å². The van der Waals surface area contributed by atoms with Crippen molar-refractivity contribution in [3.63, 3.8) is 0 Å². The van der Waals surface area contributed by atoms with Gasteiger partial charge in [0.1, 0.15) is 0 Å². The quantitative estimate of drug-likeness (QED) is 0.278. The first-order valence-corrected chi connectivity index (χ1v) is 5.96. The number of nitrogens with one attached hydrogen (secondary N) is 1. The largest absolute Gasteiger partial charge is 0.409 e. The summed E-state index contributed by atoms with van der Waals surface area (Å²) in [6, 6.07) is 0.650. The summed E-state index contributed by atoms with van der Waals surface area (Å²) in [4.78, 5) is 0. The maximum absolute atomic E-state index is 8.58. The molecule has 5 atom stereocenters. The van der Waals surface area contributed by atoms with Crippen LogP contribution in [0.25, 0.3) is 0 Å². The molecule has 0 aromatic rings. The molecule has 3 fully saturated rings. The standard InChI is InChI=1S/C11H19N3O/c1-5(11(12)14-15)13-10-8-6-2-3-7(4-6)9(8)10/h5-10,13,15H,2-4H2,1H3,(H2,12,14). The number of rotatable bonds is 3. The molecule has 0 spiro atoms. The maximum Gasteiger partial charge on any atom is 0.156 e. The fraction of sp³-hybridized carbons (Fsp3) is 0.909. The minimum Gasteiger partial charge on any atom is -0.409 e. The van der Waals surface area contributed by atoms with Crippen molar-refractivity contribution in [1.29, 1.82) is 0 Å². The Labute approximate surface area is 89.9 Å². The van der Waals surface area contributed by atoms with Crippen molar-refractivity contribution in [2.45, 2.75) is 38.3 Å². The Kier molecular flexibility index (Phi) is 1.96. The van der Waals surface area contributed by atoms with Gasteiger partial charge in [-0.15, -0.1) is 0 Å². The van der Waals surface area contributed by atoms with Crippen LogP contribution in [0.2, 0.25) is 0 Å². The molecule has 0 aromatic carbocycles. The molecule has 3 aliphatic rings. The lowest BCUT2D eigenvalue weighted by atomic mass is 10.0. The lowest BCUT2D eigenvalue weighted by molar-refractivity contribution is 0.314. The zero-order chi connectivity index (χ0) is 10.6. The number of amidine groups is 1. The Bertz CT molecular complexity index is 288. The Hall–Kier alpha value is -0.770. The average Bonchev–Trinajstić information content (AvgIpc) is 2.66. The van der Waals surface area contributed by atoms with Crippen LogP contribution >= 0.6 is 0 Å². The Morgan fingerprint density at radius 3 is 2.53 bits per heavy atom. The molecule has 0 radical (unpaired) electrons. The van der Waals surface area contributed by atoms with Crippen LogP contribution in [0.3, 0.4) is 0 Å². The van der Waals surface area contributed by atoms with Gasteiger partial charge in [-0.05, 0) is 49.9 Å². The highest BCUT2D eigenvalue weighted by Gasteiger charge is 2.64. The monoisotopic (exact) mass is 209 g/mol. The van der Waals surface area contributed by atoms with E-state index in [9.17, 15) is 0 Å². The van der Waals surface area contributed by atoms with E-state index < -0.39 is 0 Å². The minimum atomic E-state index is 0.00463. The third-order valence-electron chi connectivity index (χ3n) is 4.74. The number of hydrogen-bond acceptors (Lipinski definition) is 3. The molecule has 5 unspecified atom stereocenters. The normalized spacial score (nSPS) is 49.1. The Morgan fingerprint density at radius 1 is 1.40 bits per heavy atom. The molecule has 4 heteroatoms. The summed E-state index contributed by atoms with van der Waals surface area (Å²) >= 11 is 0. The second-order valence-corrected chi connectivity index (χ2v) is 5.43. The van der Waals surface area contributed by atoms with Crippen LogP contribution in [0.15, 0.2) is 5.16 Å². The van der Waals surface area contributed by atoms with E-state index in [1.165, 1.54) is 19.3 Å². The number of oxime groups is 1. The van der Waals surface area contributed by atoms with Gasteiger partial charge in [0.25, 0.3) is 0 Å².